The quantitative estimate of drug-likeness (QED) is 0.235. The van der Waals surface area contributed by atoms with E-state index in [9.17, 15) is 18.0 Å². The second-order valence-electron chi connectivity index (χ2n) is 7.19. The van der Waals surface area contributed by atoms with Gasteiger partial charge in [-0.1, -0.05) is 35.0 Å². The van der Waals surface area contributed by atoms with Crippen LogP contribution in [0.25, 0.3) is 5.69 Å². The number of ether oxygens (including phenoxy) is 1. The maximum absolute atomic E-state index is 13.0. The van der Waals surface area contributed by atoms with Crippen molar-refractivity contribution in [3.63, 3.8) is 0 Å². The number of halogens is 5. The van der Waals surface area contributed by atoms with Crippen molar-refractivity contribution in [1.29, 1.82) is 0 Å². The molecule has 180 valence electrons. The summed E-state index contributed by atoms with van der Waals surface area (Å²) in [5, 5.41) is 12.7. The zero-order valence-corrected chi connectivity index (χ0v) is 20.6. The molecule has 0 radical (unpaired) electrons. The van der Waals surface area contributed by atoms with Gasteiger partial charge < -0.3 is 15.4 Å². The topological polar surface area (TPSA) is 81.1 Å². The lowest BCUT2D eigenvalue weighted by atomic mass is 10.2. The van der Waals surface area contributed by atoms with Crippen LogP contribution in [0.1, 0.15) is 11.3 Å². The highest BCUT2D eigenvalue weighted by molar-refractivity contribution is 14.1. The Morgan fingerprint density at radius 3 is 2.51 bits per heavy atom. The molecule has 0 aliphatic carbocycles. The molecule has 0 saturated carbocycles. The standard InChI is InChI=1S/C23H16ClF3IN5O2/c24-19-9-8-15(11-18(19)23(25,26)27)30-22(34)29-14-4-3-5-17(10-14)35-13-16-12-33(32-31-16)21-7-2-1-6-20(21)28/h1-12H,13H2,(H2,29,30,34). The molecule has 0 fully saturated rings. The maximum atomic E-state index is 13.0. The number of hydrogen-bond acceptors (Lipinski definition) is 4. The van der Waals surface area contributed by atoms with E-state index in [1.165, 1.54) is 6.07 Å². The summed E-state index contributed by atoms with van der Waals surface area (Å²) in [6.07, 6.45) is -2.88. The lowest BCUT2D eigenvalue weighted by Gasteiger charge is -2.13. The minimum Gasteiger partial charge on any atom is -0.487 e. The summed E-state index contributed by atoms with van der Waals surface area (Å²) < 4.78 is 47.5. The first-order valence-electron chi connectivity index (χ1n) is 10.0. The van der Waals surface area contributed by atoms with Crippen molar-refractivity contribution >= 4 is 51.6 Å². The minimum atomic E-state index is -4.64. The molecule has 0 aliphatic heterocycles. The van der Waals surface area contributed by atoms with Crippen LogP contribution in [0.15, 0.2) is 72.9 Å². The van der Waals surface area contributed by atoms with Crippen LogP contribution in [-0.4, -0.2) is 21.0 Å². The SMILES string of the molecule is O=C(Nc1cccc(OCc2cn(-c3ccccc3I)nn2)c1)Nc1ccc(Cl)c(C(F)(F)F)c1. The van der Waals surface area contributed by atoms with Crippen molar-refractivity contribution in [2.24, 2.45) is 0 Å². The molecular weight excluding hydrogens is 598 g/mol. The van der Waals surface area contributed by atoms with Gasteiger partial charge in [0.05, 0.1) is 22.5 Å². The number of anilines is 2. The zero-order chi connectivity index (χ0) is 25.0. The van der Waals surface area contributed by atoms with Gasteiger partial charge in [-0.15, -0.1) is 5.10 Å². The largest absolute Gasteiger partial charge is 0.487 e. The monoisotopic (exact) mass is 613 g/mol. The van der Waals surface area contributed by atoms with E-state index in [0.29, 0.717) is 17.1 Å². The summed E-state index contributed by atoms with van der Waals surface area (Å²) in [6.45, 7) is 0.143. The minimum absolute atomic E-state index is 0.0530. The van der Waals surface area contributed by atoms with Gasteiger partial charge in [-0.3, -0.25) is 0 Å². The van der Waals surface area contributed by atoms with Crippen LogP contribution in [0.5, 0.6) is 5.75 Å². The molecule has 1 aromatic heterocycles. The summed E-state index contributed by atoms with van der Waals surface area (Å²) in [6, 6.07) is 16.7. The molecule has 4 rings (SSSR count). The summed E-state index contributed by atoms with van der Waals surface area (Å²) in [4.78, 5) is 12.3. The van der Waals surface area contributed by atoms with Crippen LogP contribution in [0.2, 0.25) is 5.02 Å². The first-order valence-corrected chi connectivity index (χ1v) is 11.5. The number of nitrogens with zero attached hydrogens (tertiary/aromatic N) is 3. The number of hydrogen-bond donors (Lipinski definition) is 2. The number of urea groups is 1. The third kappa shape index (κ3) is 6.42. The van der Waals surface area contributed by atoms with Crippen molar-refractivity contribution in [2.75, 3.05) is 10.6 Å². The van der Waals surface area contributed by atoms with Gasteiger partial charge in [-0.2, -0.15) is 13.2 Å². The number of carbonyl (C=O) groups excluding carboxylic acids is 1. The van der Waals surface area contributed by atoms with Gasteiger partial charge in [0.15, 0.2) is 0 Å². The van der Waals surface area contributed by atoms with E-state index in [4.69, 9.17) is 16.3 Å². The lowest BCUT2D eigenvalue weighted by molar-refractivity contribution is -0.137. The Labute approximate surface area is 216 Å². The molecular formula is C23H16ClF3IN5O2. The fourth-order valence-corrected chi connectivity index (χ4v) is 3.91. The Balaban J connectivity index is 1.37. The average molecular weight is 614 g/mol. The zero-order valence-electron chi connectivity index (χ0n) is 17.7. The van der Waals surface area contributed by atoms with E-state index < -0.39 is 22.8 Å². The Morgan fingerprint density at radius 1 is 1.03 bits per heavy atom. The number of carbonyl (C=O) groups is 1. The molecule has 2 amide bonds. The van der Waals surface area contributed by atoms with Crippen LogP contribution in [-0.2, 0) is 12.8 Å². The second kappa shape index (κ2) is 10.5. The van der Waals surface area contributed by atoms with Gasteiger partial charge in [-0.05, 0) is 65.1 Å². The van der Waals surface area contributed by atoms with Gasteiger partial charge in [0.1, 0.15) is 18.1 Å². The number of para-hydroxylation sites is 1. The highest BCUT2D eigenvalue weighted by Gasteiger charge is 2.33. The Kier molecular flexibility index (Phi) is 7.45. The first-order chi connectivity index (χ1) is 16.7. The van der Waals surface area contributed by atoms with E-state index in [-0.39, 0.29) is 12.3 Å². The van der Waals surface area contributed by atoms with Crippen LogP contribution in [0.3, 0.4) is 0 Å². The fourth-order valence-electron chi connectivity index (χ4n) is 3.05. The van der Waals surface area contributed by atoms with Crippen LogP contribution >= 0.6 is 34.2 Å². The fraction of sp³-hybridized carbons (Fsp3) is 0.0870. The van der Waals surface area contributed by atoms with E-state index in [0.717, 1.165) is 21.4 Å². The van der Waals surface area contributed by atoms with Gasteiger partial charge >= 0.3 is 12.2 Å². The van der Waals surface area contributed by atoms with Crippen LogP contribution in [0, 0.1) is 3.57 Å². The molecule has 0 unspecified atom stereocenters. The van der Waals surface area contributed by atoms with Crippen molar-refractivity contribution in [3.05, 3.63) is 92.8 Å². The van der Waals surface area contributed by atoms with E-state index in [1.54, 1.807) is 35.1 Å². The number of nitrogens with one attached hydrogen (secondary N) is 2. The number of benzene rings is 3. The summed E-state index contributed by atoms with van der Waals surface area (Å²) >= 11 is 7.82. The van der Waals surface area contributed by atoms with E-state index >= 15 is 0 Å². The molecule has 0 bridgehead atoms. The molecule has 0 spiro atoms. The molecule has 35 heavy (non-hydrogen) atoms. The van der Waals surface area contributed by atoms with Gasteiger partial charge in [0.25, 0.3) is 0 Å². The summed E-state index contributed by atoms with van der Waals surface area (Å²) in [5.41, 5.74) is 0.789. The molecule has 7 nitrogen and oxygen atoms in total. The number of alkyl halides is 3. The molecule has 12 heteroatoms. The van der Waals surface area contributed by atoms with E-state index in [1.807, 2.05) is 24.3 Å². The van der Waals surface area contributed by atoms with E-state index in [2.05, 4.69) is 43.5 Å². The van der Waals surface area contributed by atoms with Crippen LogP contribution in [0.4, 0.5) is 29.3 Å². The Bertz CT molecular complexity index is 1360. The average Bonchev–Trinajstić information content (AvgIpc) is 3.27. The lowest BCUT2D eigenvalue weighted by Crippen LogP contribution is -2.20. The smallest absolute Gasteiger partial charge is 0.417 e. The molecule has 3 aromatic carbocycles. The van der Waals surface area contributed by atoms with Gasteiger partial charge in [0.2, 0.25) is 0 Å². The predicted octanol–water partition coefficient (Wildman–Crippen LogP) is 6.77. The second-order valence-corrected chi connectivity index (χ2v) is 8.76. The Morgan fingerprint density at radius 2 is 1.77 bits per heavy atom. The summed E-state index contributed by atoms with van der Waals surface area (Å²) in [5.74, 6) is 0.456. The van der Waals surface area contributed by atoms with Crippen molar-refractivity contribution in [2.45, 2.75) is 12.8 Å². The summed E-state index contributed by atoms with van der Waals surface area (Å²) in [7, 11) is 0. The van der Waals surface area contributed by atoms with Crippen molar-refractivity contribution in [1.82, 2.24) is 15.0 Å². The number of rotatable bonds is 6. The number of aromatic nitrogens is 3. The maximum Gasteiger partial charge on any atom is 0.417 e. The van der Waals surface area contributed by atoms with Crippen molar-refractivity contribution in [3.8, 4) is 11.4 Å². The third-order valence-corrected chi connectivity index (χ3v) is 5.89. The number of amides is 2. The molecule has 1 heterocycles. The first kappa shape index (κ1) is 24.8. The third-order valence-electron chi connectivity index (χ3n) is 4.65. The highest BCUT2D eigenvalue weighted by atomic mass is 127. The molecule has 0 atom stereocenters. The molecule has 4 aromatic rings. The van der Waals surface area contributed by atoms with Gasteiger partial charge in [0, 0.05) is 21.0 Å². The Hall–Kier alpha value is -3.32. The molecule has 0 saturated heterocycles. The van der Waals surface area contributed by atoms with Crippen LogP contribution < -0.4 is 15.4 Å². The highest BCUT2D eigenvalue weighted by Crippen LogP contribution is 2.36. The van der Waals surface area contributed by atoms with Crippen molar-refractivity contribution < 1.29 is 22.7 Å². The predicted molar refractivity (Wildman–Crippen MR) is 134 cm³/mol. The van der Waals surface area contributed by atoms with Gasteiger partial charge in [-0.25, -0.2) is 9.48 Å². The molecule has 2 N–H and O–H groups in total. The normalized spacial score (nSPS) is 11.2. The molecule has 0 aliphatic rings.